The van der Waals surface area contributed by atoms with Crippen LogP contribution in [0, 0.1) is 10.1 Å². The van der Waals surface area contributed by atoms with E-state index in [0.717, 1.165) is 0 Å². The number of thiol groups is 2. The molecule has 2 N–H and O–H groups in total. The van der Waals surface area contributed by atoms with Gasteiger partial charge in [0, 0.05) is 29.9 Å². The lowest BCUT2D eigenvalue weighted by Gasteiger charge is -1.96. The highest BCUT2D eigenvalue weighted by molar-refractivity contribution is 7.80. The minimum Gasteiger partial charge on any atom is -0.451 e. The van der Waals surface area contributed by atoms with E-state index in [2.05, 4.69) is 58.7 Å². The Morgan fingerprint density at radius 2 is 1.74 bits per heavy atom. The van der Waals surface area contributed by atoms with Crippen molar-refractivity contribution >= 4 is 76.4 Å². The van der Waals surface area contributed by atoms with Crippen molar-refractivity contribution in [2.75, 3.05) is 11.5 Å². The molecule has 0 radical (unpaired) electrons. The highest BCUT2D eigenvalue weighted by Crippen LogP contribution is 2.14. The maximum absolute atomic E-state index is 10.3. The summed E-state index contributed by atoms with van der Waals surface area (Å²) in [4.78, 5) is 30.1. The zero-order chi connectivity index (χ0) is 21.2. The van der Waals surface area contributed by atoms with Gasteiger partial charge in [-0.1, -0.05) is 14.4 Å². The Balaban J connectivity index is 0. The third-order valence-corrected chi connectivity index (χ3v) is 3.91. The number of nitro groups is 1. The van der Waals surface area contributed by atoms with Crippen LogP contribution in [-0.4, -0.2) is 39.0 Å². The van der Waals surface area contributed by atoms with Crippen molar-refractivity contribution in [3.8, 4) is 0 Å². The number of non-ortho nitro benzene ring substituents is 1. The van der Waals surface area contributed by atoms with E-state index in [0.29, 0.717) is 35.4 Å². The molecule has 14 heteroatoms. The second-order valence-corrected chi connectivity index (χ2v) is 6.26. The molecular formula is C13H22N3O6P3S2. The summed E-state index contributed by atoms with van der Waals surface area (Å²) in [6.07, 6.45) is 0.874. The second-order valence-electron chi connectivity index (χ2n) is 4.29. The van der Waals surface area contributed by atoms with Crippen molar-refractivity contribution in [2.24, 2.45) is 5.16 Å². The summed E-state index contributed by atoms with van der Waals surface area (Å²) in [7, 11) is 6.24. The van der Waals surface area contributed by atoms with Crippen molar-refractivity contribution < 1.29 is 24.2 Å². The molecule has 0 saturated heterocycles. The van der Waals surface area contributed by atoms with Crippen LogP contribution < -0.4 is 5.09 Å². The van der Waals surface area contributed by atoms with E-state index in [4.69, 9.17) is 5.21 Å². The molecule has 0 bridgehead atoms. The maximum atomic E-state index is 10.3. The smallest absolute Gasteiger partial charge is 0.308 e. The van der Waals surface area contributed by atoms with E-state index < -0.39 is 4.92 Å². The molecule has 1 amide bonds. The quantitative estimate of drug-likeness (QED) is 0.125. The van der Waals surface area contributed by atoms with Gasteiger partial charge in [0.15, 0.2) is 0 Å². The summed E-state index contributed by atoms with van der Waals surface area (Å²) >= 11 is 7.65. The Morgan fingerprint density at radius 3 is 2.00 bits per heavy atom. The van der Waals surface area contributed by atoms with Gasteiger partial charge in [-0.05, 0) is 27.3 Å². The summed E-state index contributed by atoms with van der Waals surface area (Å²) in [5.74, 6) is 0.938. The summed E-state index contributed by atoms with van der Waals surface area (Å²) < 4.78 is 4.22. The Kier molecular flexibility index (Phi) is 19.2. The summed E-state index contributed by atoms with van der Waals surface area (Å²) in [6, 6.07) is 5.73. The van der Waals surface area contributed by atoms with Gasteiger partial charge >= 0.3 is 5.97 Å². The van der Waals surface area contributed by atoms with Crippen LogP contribution in [-0.2, 0) is 14.1 Å². The molecule has 1 rings (SSSR count). The molecule has 3 unspecified atom stereocenters. The first kappa shape index (κ1) is 28.2. The second kappa shape index (κ2) is 18.4. The summed E-state index contributed by atoms with van der Waals surface area (Å²) in [6.45, 7) is 0. The normalized spacial score (nSPS) is 9.74. The molecule has 0 aromatic heterocycles. The zero-order valence-corrected chi connectivity index (χ0v) is 19.4. The molecule has 1 aromatic rings. The number of benzene rings is 1. The number of carbonyl (C=O) groups is 2. The Morgan fingerprint density at radius 1 is 1.22 bits per heavy atom. The average molecular weight is 473 g/mol. The number of oxime groups is 1. The summed E-state index contributed by atoms with van der Waals surface area (Å²) in [5.41, 5.74) is 0.979. The van der Waals surface area contributed by atoms with E-state index in [1.807, 2.05) is 9.47 Å². The van der Waals surface area contributed by atoms with Crippen LogP contribution in [0.2, 0.25) is 0 Å². The predicted octanol–water partition coefficient (Wildman–Crippen LogP) is 2.46. The highest BCUT2D eigenvalue weighted by atomic mass is 32.1. The lowest BCUT2D eigenvalue weighted by Crippen LogP contribution is -2.10. The Hall–Kier alpha value is -0.980. The van der Waals surface area contributed by atoms with Gasteiger partial charge in [-0.3, -0.25) is 19.7 Å². The molecule has 0 heterocycles. The standard InChI is InChI=1S/C7H7N2O3P.C3H8NOPS.C3H7O2PS/c10-8-7(13)5-1-3-6(4-2-5)9(11)12;5-3(4-6)1-2-7;4-3(5-6)1-2-7/h1-4,10H,13H2;7H,1-2,6H2,(H,4,5);7H,1-2,6H2/b8-7+;;. The van der Waals surface area contributed by atoms with Crippen molar-refractivity contribution in [1.82, 2.24) is 5.09 Å². The van der Waals surface area contributed by atoms with Crippen LogP contribution in [0.4, 0.5) is 5.69 Å². The largest absolute Gasteiger partial charge is 0.451 e. The van der Waals surface area contributed by atoms with E-state index in [1.54, 1.807) is 0 Å². The number of nitrogens with one attached hydrogen (secondary N) is 1. The topological polar surface area (TPSA) is 131 Å². The van der Waals surface area contributed by atoms with Crippen LogP contribution in [0.1, 0.15) is 18.4 Å². The molecular weight excluding hydrogens is 451 g/mol. The number of hydrogen-bond donors (Lipinski definition) is 4. The first-order chi connectivity index (χ1) is 12.8. The fraction of sp³-hybridized carbons (Fsp3) is 0.308. The lowest BCUT2D eigenvalue weighted by atomic mass is 10.2. The summed E-state index contributed by atoms with van der Waals surface area (Å²) in [5, 5.41) is 24.0. The van der Waals surface area contributed by atoms with Crippen molar-refractivity contribution in [3.63, 3.8) is 0 Å². The first-order valence-corrected chi connectivity index (χ1v) is 9.99. The molecule has 0 saturated carbocycles. The number of carbonyl (C=O) groups excluding carboxylic acids is 2. The van der Waals surface area contributed by atoms with Gasteiger partial charge in [-0.15, -0.1) is 0 Å². The molecule has 0 spiro atoms. The van der Waals surface area contributed by atoms with E-state index in [9.17, 15) is 19.7 Å². The van der Waals surface area contributed by atoms with E-state index in [1.165, 1.54) is 24.3 Å². The van der Waals surface area contributed by atoms with Crippen molar-refractivity contribution in [1.29, 1.82) is 0 Å². The fourth-order valence-electron chi connectivity index (χ4n) is 1.14. The van der Waals surface area contributed by atoms with Gasteiger partial charge in [0.2, 0.25) is 5.91 Å². The van der Waals surface area contributed by atoms with Crippen LogP contribution in [0.25, 0.3) is 0 Å². The zero-order valence-electron chi connectivity index (χ0n) is 14.1. The predicted molar refractivity (Wildman–Crippen MR) is 122 cm³/mol. The fourth-order valence-corrected chi connectivity index (χ4v) is 1.98. The number of nitrogens with zero attached hydrogens (tertiary/aromatic N) is 2. The molecule has 27 heavy (non-hydrogen) atoms. The molecule has 1 aromatic carbocycles. The van der Waals surface area contributed by atoms with Crippen LogP contribution in [0.3, 0.4) is 0 Å². The highest BCUT2D eigenvalue weighted by Gasteiger charge is 2.05. The molecule has 0 aliphatic rings. The third-order valence-electron chi connectivity index (χ3n) is 2.43. The molecule has 9 nitrogen and oxygen atoms in total. The number of nitro benzene ring substituents is 1. The van der Waals surface area contributed by atoms with Gasteiger partial charge in [-0.25, -0.2) is 0 Å². The number of amides is 1. The first-order valence-electron chi connectivity index (χ1n) is 7.10. The average Bonchev–Trinajstić information content (AvgIpc) is 2.68. The van der Waals surface area contributed by atoms with Gasteiger partial charge in [0.1, 0.15) is 5.45 Å². The minimum absolute atomic E-state index is 0.0134. The molecule has 0 aliphatic carbocycles. The Bertz CT molecular complexity index is 602. The van der Waals surface area contributed by atoms with Crippen LogP contribution in [0.15, 0.2) is 29.4 Å². The molecule has 152 valence electrons. The monoisotopic (exact) mass is 473 g/mol. The minimum atomic E-state index is -0.484. The van der Waals surface area contributed by atoms with Gasteiger partial charge < -0.3 is 14.8 Å². The molecule has 0 aliphatic heterocycles. The van der Waals surface area contributed by atoms with Crippen molar-refractivity contribution in [3.05, 3.63) is 39.9 Å². The number of rotatable bonds is 6. The molecule has 3 atom stereocenters. The maximum Gasteiger partial charge on any atom is 0.308 e. The number of hydrogen-bond acceptors (Lipinski definition) is 9. The van der Waals surface area contributed by atoms with Crippen LogP contribution in [0.5, 0.6) is 0 Å². The molecule has 0 fully saturated rings. The van der Waals surface area contributed by atoms with Crippen molar-refractivity contribution in [2.45, 2.75) is 12.8 Å². The van der Waals surface area contributed by atoms with E-state index in [-0.39, 0.29) is 17.6 Å². The lowest BCUT2D eigenvalue weighted by molar-refractivity contribution is -0.384. The van der Waals surface area contributed by atoms with Gasteiger partial charge in [0.25, 0.3) is 5.69 Å². The SMILES string of the molecule is O=C(CCS)NP.O=C(CCS)OP.O=[N+]([O-])c1ccc(/C(P)=N\O)cc1. The van der Waals surface area contributed by atoms with E-state index >= 15 is 0 Å². The van der Waals surface area contributed by atoms with Gasteiger partial charge in [-0.2, -0.15) is 25.3 Å². The Labute approximate surface area is 175 Å². The van der Waals surface area contributed by atoms with Gasteiger partial charge in [0.05, 0.1) is 20.8 Å². The van der Waals surface area contributed by atoms with Crippen LogP contribution >= 0.6 is 53.4 Å². The third kappa shape index (κ3) is 15.7.